The number of carbonyl (C=O) groups excluding carboxylic acids is 1. The maximum absolute atomic E-state index is 11.2. The van der Waals surface area contributed by atoms with Gasteiger partial charge in [0.1, 0.15) is 6.10 Å². The normalized spacial score (nSPS) is 52.6. The molecule has 2 aliphatic carbocycles. The van der Waals surface area contributed by atoms with Crippen molar-refractivity contribution in [3.63, 3.8) is 0 Å². The van der Waals surface area contributed by atoms with Gasteiger partial charge in [0.2, 0.25) is 0 Å². The molecule has 0 aromatic heterocycles. The third-order valence-corrected chi connectivity index (χ3v) is 6.74. The quantitative estimate of drug-likeness (QED) is 0.549. The molecule has 1 heterocycles. The second-order valence-electron chi connectivity index (χ2n) is 6.79. The van der Waals surface area contributed by atoms with Crippen molar-refractivity contribution in [1.82, 2.24) is 0 Å². The summed E-state index contributed by atoms with van der Waals surface area (Å²) in [6.07, 6.45) is 3.79. The highest BCUT2D eigenvalue weighted by atomic mass is 35.5. The smallest absolute Gasteiger partial charge is 0.302 e. The van der Waals surface area contributed by atoms with Crippen molar-refractivity contribution in [3.05, 3.63) is 0 Å². The first-order valence-corrected chi connectivity index (χ1v) is 7.74. The minimum Gasteiger partial charge on any atom is -0.462 e. The van der Waals surface area contributed by atoms with E-state index in [2.05, 4.69) is 13.8 Å². The van der Waals surface area contributed by atoms with E-state index in [1.165, 1.54) is 6.92 Å². The number of alkyl halides is 1. The number of esters is 1. The molecule has 0 radical (unpaired) electrons. The van der Waals surface area contributed by atoms with E-state index < -0.39 is 0 Å². The molecule has 0 aromatic rings. The van der Waals surface area contributed by atoms with E-state index in [4.69, 9.17) is 21.1 Å². The molecule has 0 amide bonds. The van der Waals surface area contributed by atoms with E-state index in [1.54, 1.807) is 0 Å². The standard InChI is InChI=1S/C15H23ClO3/c1-9-6-13-15(16)7-12(19-11(3)17)4-5-14(15,8-18-13)10(9)2/h9-10,12-13H,4-8H2,1-3H3/t9-,10+,12+,13-,14-,15+/m0/s1. The summed E-state index contributed by atoms with van der Waals surface area (Å²) in [5, 5.41) is 0. The summed E-state index contributed by atoms with van der Waals surface area (Å²) in [6.45, 7) is 6.88. The van der Waals surface area contributed by atoms with Gasteiger partial charge in [0.05, 0.1) is 17.6 Å². The second-order valence-corrected chi connectivity index (χ2v) is 7.47. The van der Waals surface area contributed by atoms with Gasteiger partial charge < -0.3 is 9.47 Å². The molecule has 6 atom stereocenters. The van der Waals surface area contributed by atoms with E-state index in [0.717, 1.165) is 32.3 Å². The van der Waals surface area contributed by atoms with Crippen molar-refractivity contribution in [2.24, 2.45) is 17.3 Å². The first kappa shape index (κ1) is 13.7. The molecular formula is C15H23ClO3. The Balaban J connectivity index is 1.89. The van der Waals surface area contributed by atoms with E-state index >= 15 is 0 Å². The molecule has 0 aromatic carbocycles. The molecule has 3 nitrogen and oxygen atoms in total. The Morgan fingerprint density at radius 2 is 2.16 bits per heavy atom. The van der Waals surface area contributed by atoms with Crippen LogP contribution in [0.1, 0.15) is 46.5 Å². The average molecular weight is 287 g/mol. The van der Waals surface area contributed by atoms with Gasteiger partial charge in [-0.1, -0.05) is 13.8 Å². The maximum atomic E-state index is 11.2. The van der Waals surface area contributed by atoms with E-state index in [0.29, 0.717) is 11.8 Å². The predicted molar refractivity (Wildman–Crippen MR) is 73.1 cm³/mol. The van der Waals surface area contributed by atoms with Gasteiger partial charge in [0.15, 0.2) is 0 Å². The number of hydrogen-bond acceptors (Lipinski definition) is 3. The van der Waals surface area contributed by atoms with Crippen LogP contribution in [-0.4, -0.2) is 29.7 Å². The molecule has 2 saturated carbocycles. The summed E-state index contributed by atoms with van der Waals surface area (Å²) in [5.74, 6) is 1.03. The molecule has 0 unspecified atom stereocenters. The van der Waals surface area contributed by atoms with Crippen LogP contribution in [0.2, 0.25) is 0 Å². The molecule has 108 valence electrons. The molecule has 3 fully saturated rings. The number of ether oxygens (including phenoxy) is 2. The van der Waals surface area contributed by atoms with Crippen molar-refractivity contribution in [3.8, 4) is 0 Å². The fraction of sp³-hybridized carbons (Fsp3) is 0.933. The van der Waals surface area contributed by atoms with Gasteiger partial charge in [-0.15, -0.1) is 11.6 Å². The van der Waals surface area contributed by atoms with Gasteiger partial charge in [-0.25, -0.2) is 0 Å². The monoisotopic (exact) mass is 286 g/mol. The fourth-order valence-corrected chi connectivity index (χ4v) is 5.35. The predicted octanol–water partition coefficient (Wildman–Crippen LogP) is 3.14. The Morgan fingerprint density at radius 3 is 2.84 bits per heavy atom. The highest BCUT2D eigenvalue weighted by Gasteiger charge is 2.68. The largest absolute Gasteiger partial charge is 0.462 e. The highest BCUT2D eigenvalue weighted by Crippen LogP contribution is 2.65. The molecule has 0 N–H and O–H groups in total. The Kier molecular flexibility index (Phi) is 3.14. The molecule has 3 aliphatic rings. The zero-order chi connectivity index (χ0) is 13.8. The Labute approximate surface area is 120 Å². The first-order valence-electron chi connectivity index (χ1n) is 7.37. The van der Waals surface area contributed by atoms with Crippen LogP contribution >= 0.6 is 11.6 Å². The average Bonchev–Trinajstić information content (AvgIpc) is 2.53. The Morgan fingerprint density at radius 1 is 1.42 bits per heavy atom. The molecule has 3 rings (SSSR count). The number of rotatable bonds is 1. The lowest BCUT2D eigenvalue weighted by Crippen LogP contribution is -2.60. The van der Waals surface area contributed by atoms with Crippen LogP contribution in [-0.2, 0) is 14.3 Å². The Bertz CT molecular complexity index is 399. The van der Waals surface area contributed by atoms with Crippen LogP contribution in [0.25, 0.3) is 0 Å². The molecule has 2 bridgehead atoms. The number of halogens is 1. The highest BCUT2D eigenvalue weighted by molar-refractivity contribution is 6.25. The van der Waals surface area contributed by atoms with Crippen LogP contribution in [0, 0.1) is 17.3 Å². The maximum Gasteiger partial charge on any atom is 0.302 e. The summed E-state index contributed by atoms with van der Waals surface area (Å²) >= 11 is 7.05. The molecular weight excluding hydrogens is 264 g/mol. The zero-order valence-corrected chi connectivity index (χ0v) is 12.7. The van der Waals surface area contributed by atoms with Crippen LogP contribution < -0.4 is 0 Å². The molecule has 0 spiro atoms. The van der Waals surface area contributed by atoms with Gasteiger partial charge in [-0.2, -0.15) is 0 Å². The van der Waals surface area contributed by atoms with Gasteiger partial charge in [0.25, 0.3) is 0 Å². The van der Waals surface area contributed by atoms with E-state index in [1.807, 2.05) is 0 Å². The molecule has 19 heavy (non-hydrogen) atoms. The van der Waals surface area contributed by atoms with Crippen molar-refractivity contribution in [1.29, 1.82) is 0 Å². The van der Waals surface area contributed by atoms with Crippen molar-refractivity contribution in [2.75, 3.05) is 6.61 Å². The number of carbonyl (C=O) groups is 1. The van der Waals surface area contributed by atoms with Crippen molar-refractivity contribution < 1.29 is 14.3 Å². The number of hydrogen-bond donors (Lipinski definition) is 0. The van der Waals surface area contributed by atoms with Crippen LogP contribution in [0.4, 0.5) is 0 Å². The zero-order valence-electron chi connectivity index (χ0n) is 11.9. The Hall–Kier alpha value is -0.280. The minimum absolute atomic E-state index is 0.0343. The van der Waals surface area contributed by atoms with Crippen molar-refractivity contribution in [2.45, 2.75) is 63.5 Å². The first-order chi connectivity index (χ1) is 8.89. The lowest BCUT2D eigenvalue weighted by atomic mass is 9.52. The van der Waals surface area contributed by atoms with Crippen LogP contribution in [0.5, 0.6) is 0 Å². The van der Waals surface area contributed by atoms with Gasteiger partial charge in [0, 0.05) is 18.8 Å². The van der Waals surface area contributed by atoms with Gasteiger partial charge >= 0.3 is 5.97 Å². The third-order valence-electron chi connectivity index (χ3n) is 5.96. The van der Waals surface area contributed by atoms with E-state index in [9.17, 15) is 4.79 Å². The fourth-order valence-electron chi connectivity index (χ4n) is 4.70. The molecule has 4 heteroatoms. The molecule has 1 aliphatic heterocycles. The lowest BCUT2D eigenvalue weighted by Gasteiger charge is -2.56. The summed E-state index contributed by atoms with van der Waals surface area (Å²) in [5.41, 5.74) is 0.0769. The lowest BCUT2D eigenvalue weighted by molar-refractivity contribution is -0.151. The van der Waals surface area contributed by atoms with E-state index in [-0.39, 0.29) is 28.5 Å². The third kappa shape index (κ3) is 1.77. The minimum atomic E-state index is -0.336. The molecule has 1 saturated heterocycles. The summed E-state index contributed by atoms with van der Waals surface area (Å²) < 4.78 is 11.4. The summed E-state index contributed by atoms with van der Waals surface area (Å²) in [6, 6.07) is 0. The topological polar surface area (TPSA) is 35.5 Å². The second kappa shape index (κ2) is 4.36. The SMILES string of the molecule is CC(=O)O[C@@H]1CC[C@]23CO[C@@H](C[C@H](C)[C@H]2C)[C@]3(Cl)C1. The van der Waals surface area contributed by atoms with Crippen LogP contribution in [0.3, 0.4) is 0 Å². The van der Waals surface area contributed by atoms with Crippen molar-refractivity contribution >= 4 is 17.6 Å². The summed E-state index contributed by atoms with van der Waals surface area (Å²) in [7, 11) is 0. The van der Waals surface area contributed by atoms with Crippen LogP contribution in [0.15, 0.2) is 0 Å². The summed E-state index contributed by atoms with van der Waals surface area (Å²) in [4.78, 5) is 10.8. The van der Waals surface area contributed by atoms with Gasteiger partial charge in [-0.3, -0.25) is 4.79 Å². The van der Waals surface area contributed by atoms with Gasteiger partial charge in [-0.05, 0) is 31.1 Å².